The van der Waals surface area contributed by atoms with Gasteiger partial charge in [-0.15, -0.1) is 0 Å². The molecule has 1 unspecified atom stereocenters. The lowest BCUT2D eigenvalue weighted by molar-refractivity contribution is -0.146. The fourth-order valence-corrected chi connectivity index (χ4v) is 1.38. The molecule has 1 aromatic carbocycles. The highest BCUT2D eigenvalue weighted by atomic mass is 19.1. The molecule has 1 amide bonds. The van der Waals surface area contributed by atoms with Gasteiger partial charge in [-0.05, 0) is 24.3 Å². The topological polar surface area (TPSA) is 84.9 Å². The number of nitrogens with one attached hydrogen (secondary N) is 1. The number of ether oxygens (including phenoxy) is 2. The average Bonchev–Trinajstić information content (AvgIpc) is 2.46. The van der Waals surface area contributed by atoms with Gasteiger partial charge in [-0.25, -0.2) is 9.18 Å². The van der Waals surface area contributed by atoms with E-state index in [4.69, 9.17) is 9.84 Å². The summed E-state index contributed by atoms with van der Waals surface area (Å²) >= 11 is 0. The summed E-state index contributed by atoms with van der Waals surface area (Å²) < 4.78 is 22.3. The second-order valence-electron chi connectivity index (χ2n) is 3.88. The smallest absolute Gasteiger partial charge is 0.330 e. The van der Waals surface area contributed by atoms with Crippen LogP contribution in [0.1, 0.15) is 6.42 Å². The maximum Gasteiger partial charge on any atom is 0.330 e. The summed E-state index contributed by atoms with van der Waals surface area (Å²) in [6.45, 7) is -0.478. The van der Waals surface area contributed by atoms with Gasteiger partial charge in [-0.1, -0.05) is 0 Å². The Hall–Kier alpha value is -2.15. The quantitative estimate of drug-likeness (QED) is 0.701. The Balaban J connectivity index is 2.32. The number of esters is 1. The van der Waals surface area contributed by atoms with Gasteiger partial charge in [0.05, 0.1) is 26.7 Å². The van der Waals surface area contributed by atoms with E-state index in [1.807, 2.05) is 0 Å². The van der Waals surface area contributed by atoms with Crippen molar-refractivity contribution in [2.75, 3.05) is 20.3 Å². The monoisotopic (exact) mass is 285 g/mol. The number of aliphatic hydroxyl groups excluding tert-OH is 1. The molecule has 0 fully saturated rings. The van der Waals surface area contributed by atoms with Crippen molar-refractivity contribution >= 4 is 11.9 Å². The summed E-state index contributed by atoms with van der Waals surface area (Å²) in [5.74, 6) is -1.12. The van der Waals surface area contributed by atoms with Gasteiger partial charge in [-0.3, -0.25) is 4.79 Å². The van der Waals surface area contributed by atoms with Crippen molar-refractivity contribution in [3.05, 3.63) is 30.1 Å². The molecule has 0 aliphatic carbocycles. The molecule has 0 bridgehead atoms. The Morgan fingerprint density at radius 1 is 1.35 bits per heavy atom. The molecule has 1 rings (SSSR count). The Morgan fingerprint density at radius 3 is 2.55 bits per heavy atom. The minimum absolute atomic E-state index is 0.00906. The summed E-state index contributed by atoms with van der Waals surface area (Å²) in [6, 6.07) is 4.29. The second kappa shape index (κ2) is 8.11. The maximum atomic E-state index is 12.6. The summed E-state index contributed by atoms with van der Waals surface area (Å²) in [5.41, 5.74) is 0. The molecule has 110 valence electrons. The molecule has 0 aliphatic rings. The molecule has 0 saturated carbocycles. The SMILES string of the molecule is COC(=O)C(CO)NC(=O)CCOc1ccc(F)cc1. The van der Waals surface area contributed by atoms with Crippen molar-refractivity contribution < 1.29 is 28.6 Å². The van der Waals surface area contributed by atoms with Gasteiger partial charge in [0.1, 0.15) is 11.6 Å². The van der Waals surface area contributed by atoms with Crippen LogP contribution in [0.4, 0.5) is 4.39 Å². The van der Waals surface area contributed by atoms with Crippen molar-refractivity contribution in [1.29, 1.82) is 0 Å². The van der Waals surface area contributed by atoms with Gasteiger partial charge in [-0.2, -0.15) is 0 Å². The summed E-state index contributed by atoms with van der Waals surface area (Å²) in [4.78, 5) is 22.6. The van der Waals surface area contributed by atoms with E-state index in [2.05, 4.69) is 10.1 Å². The fraction of sp³-hybridized carbons (Fsp3) is 0.385. The number of methoxy groups -OCH3 is 1. The van der Waals surface area contributed by atoms with E-state index in [-0.39, 0.29) is 18.8 Å². The number of aliphatic hydroxyl groups is 1. The van der Waals surface area contributed by atoms with Crippen LogP contribution in [0.25, 0.3) is 0 Å². The van der Waals surface area contributed by atoms with Crippen LogP contribution in [0.2, 0.25) is 0 Å². The van der Waals surface area contributed by atoms with Crippen LogP contribution in [0, 0.1) is 5.82 Å². The van der Waals surface area contributed by atoms with E-state index in [1.54, 1.807) is 0 Å². The summed E-state index contributed by atoms with van der Waals surface area (Å²) in [7, 11) is 1.16. The molecular weight excluding hydrogens is 269 g/mol. The number of carbonyl (C=O) groups is 2. The molecule has 0 aliphatic heterocycles. The molecule has 2 N–H and O–H groups in total. The first-order valence-electron chi connectivity index (χ1n) is 5.93. The number of benzene rings is 1. The number of amides is 1. The van der Waals surface area contributed by atoms with Gasteiger partial charge in [0.15, 0.2) is 6.04 Å². The summed E-state index contributed by atoms with van der Waals surface area (Å²) in [6.07, 6.45) is -0.00906. The molecule has 0 saturated heterocycles. The standard InChI is InChI=1S/C13H16FNO5/c1-19-13(18)11(8-16)15-12(17)6-7-20-10-4-2-9(14)3-5-10/h2-5,11,16H,6-8H2,1H3,(H,15,17). The number of hydrogen-bond acceptors (Lipinski definition) is 5. The molecule has 6 nitrogen and oxygen atoms in total. The molecule has 1 aromatic rings. The van der Waals surface area contributed by atoms with E-state index in [0.29, 0.717) is 5.75 Å². The van der Waals surface area contributed by atoms with Crippen molar-refractivity contribution in [2.24, 2.45) is 0 Å². The Kier molecular flexibility index (Phi) is 6.45. The van der Waals surface area contributed by atoms with Crippen LogP contribution in [-0.4, -0.2) is 43.3 Å². The largest absolute Gasteiger partial charge is 0.493 e. The van der Waals surface area contributed by atoms with Gasteiger partial charge in [0.25, 0.3) is 0 Å². The summed E-state index contributed by atoms with van der Waals surface area (Å²) in [5, 5.41) is 11.2. The van der Waals surface area contributed by atoms with Gasteiger partial charge >= 0.3 is 5.97 Å². The predicted octanol–water partition coefficient (Wildman–Crippen LogP) is 0.245. The number of carbonyl (C=O) groups excluding carboxylic acids is 2. The third kappa shape index (κ3) is 5.23. The minimum atomic E-state index is -1.08. The first-order chi connectivity index (χ1) is 9.56. The zero-order chi connectivity index (χ0) is 15.0. The molecule has 0 aromatic heterocycles. The Labute approximate surface area is 115 Å². The minimum Gasteiger partial charge on any atom is -0.493 e. The molecular formula is C13H16FNO5. The Bertz CT molecular complexity index is 449. The van der Waals surface area contributed by atoms with Gasteiger partial charge in [0, 0.05) is 0 Å². The fourth-order valence-electron chi connectivity index (χ4n) is 1.38. The van der Waals surface area contributed by atoms with Crippen LogP contribution < -0.4 is 10.1 Å². The molecule has 7 heteroatoms. The molecule has 1 atom stereocenters. The van der Waals surface area contributed by atoms with Crippen LogP contribution in [-0.2, 0) is 14.3 Å². The third-order valence-electron chi connectivity index (χ3n) is 2.41. The first kappa shape index (κ1) is 15.9. The molecule has 20 heavy (non-hydrogen) atoms. The molecule has 0 heterocycles. The Morgan fingerprint density at radius 2 is 2.00 bits per heavy atom. The normalized spacial score (nSPS) is 11.6. The van der Waals surface area contributed by atoms with E-state index < -0.39 is 24.5 Å². The number of rotatable bonds is 7. The predicted molar refractivity (Wildman–Crippen MR) is 67.5 cm³/mol. The zero-order valence-corrected chi connectivity index (χ0v) is 11.0. The highest BCUT2D eigenvalue weighted by Gasteiger charge is 2.20. The van der Waals surface area contributed by atoms with Crippen molar-refractivity contribution in [2.45, 2.75) is 12.5 Å². The second-order valence-corrected chi connectivity index (χ2v) is 3.88. The van der Waals surface area contributed by atoms with Crippen LogP contribution in [0.5, 0.6) is 5.75 Å². The lowest BCUT2D eigenvalue weighted by Gasteiger charge is -2.13. The molecule has 0 spiro atoms. The number of halogens is 1. The van der Waals surface area contributed by atoms with Gasteiger partial charge < -0.3 is 19.9 Å². The third-order valence-corrected chi connectivity index (χ3v) is 2.41. The maximum absolute atomic E-state index is 12.6. The van der Waals surface area contributed by atoms with E-state index in [0.717, 1.165) is 7.11 Å². The average molecular weight is 285 g/mol. The van der Waals surface area contributed by atoms with E-state index in [9.17, 15) is 14.0 Å². The number of hydrogen-bond donors (Lipinski definition) is 2. The van der Waals surface area contributed by atoms with Crippen molar-refractivity contribution in [3.8, 4) is 5.75 Å². The van der Waals surface area contributed by atoms with Crippen LogP contribution in [0.3, 0.4) is 0 Å². The molecule has 0 radical (unpaired) electrons. The van der Waals surface area contributed by atoms with Gasteiger partial charge in [0.2, 0.25) is 5.91 Å². The van der Waals surface area contributed by atoms with Crippen molar-refractivity contribution in [1.82, 2.24) is 5.32 Å². The lowest BCUT2D eigenvalue weighted by Crippen LogP contribution is -2.44. The van der Waals surface area contributed by atoms with Crippen LogP contribution in [0.15, 0.2) is 24.3 Å². The van der Waals surface area contributed by atoms with E-state index in [1.165, 1.54) is 24.3 Å². The van der Waals surface area contributed by atoms with Crippen molar-refractivity contribution in [3.63, 3.8) is 0 Å². The zero-order valence-electron chi connectivity index (χ0n) is 11.0. The first-order valence-corrected chi connectivity index (χ1v) is 5.93. The lowest BCUT2D eigenvalue weighted by atomic mass is 10.3. The highest BCUT2D eigenvalue weighted by molar-refractivity contribution is 5.84. The van der Waals surface area contributed by atoms with E-state index >= 15 is 0 Å². The highest BCUT2D eigenvalue weighted by Crippen LogP contribution is 2.11. The van der Waals surface area contributed by atoms with Crippen LogP contribution >= 0.6 is 0 Å².